The van der Waals surface area contributed by atoms with E-state index in [1.54, 1.807) is 0 Å². The molecule has 0 fully saturated rings. The monoisotopic (exact) mass is 205 g/mol. The molecule has 0 aromatic carbocycles. The van der Waals surface area contributed by atoms with Gasteiger partial charge >= 0.3 is 0 Å². The summed E-state index contributed by atoms with van der Waals surface area (Å²) in [5, 5.41) is 2.91. The molecular weight excluding hydrogens is 186 g/mol. The summed E-state index contributed by atoms with van der Waals surface area (Å²) >= 11 is 5.63. The normalized spacial score (nSPS) is 13.0. The molecule has 1 atom stereocenters. The molecule has 0 aliphatic carbocycles. The highest BCUT2D eigenvalue weighted by atomic mass is 35.5. The Labute approximate surface area is 86.0 Å². The van der Waals surface area contributed by atoms with Gasteiger partial charge in [0.15, 0.2) is 0 Å². The first-order valence-corrected chi connectivity index (χ1v) is 5.52. The van der Waals surface area contributed by atoms with E-state index in [0.717, 1.165) is 12.8 Å². The smallest absolute Gasteiger partial charge is 0.223 e. The molecule has 1 amide bonds. The van der Waals surface area contributed by atoms with Crippen LogP contribution in [0, 0.1) is 11.8 Å². The van der Waals surface area contributed by atoms with Gasteiger partial charge in [-0.3, -0.25) is 4.79 Å². The molecule has 0 rings (SSSR count). The average Bonchev–Trinajstić information content (AvgIpc) is 2.16. The molecular formula is C10H20ClNO. The summed E-state index contributed by atoms with van der Waals surface area (Å²) in [6, 6.07) is 0. The predicted molar refractivity (Wildman–Crippen MR) is 57.0 cm³/mol. The van der Waals surface area contributed by atoms with Gasteiger partial charge in [0.2, 0.25) is 5.91 Å². The second-order valence-electron chi connectivity index (χ2n) is 3.52. The Hall–Kier alpha value is -0.240. The third-order valence-corrected chi connectivity index (χ3v) is 2.77. The van der Waals surface area contributed by atoms with Crippen molar-refractivity contribution >= 4 is 17.5 Å². The lowest BCUT2D eigenvalue weighted by Gasteiger charge is -2.14. The van der Waals surface area contributed by atoms with Crippen LogP contribution in [0.2, 0.25) is 0 Å². The Morgan fingerprint density at radius 3 is 2.31 bits per heavy atom. The minimum absolute atomic E-state index is 0.168. The van der Waals surface area contributed by atoms with Crippen molar-refractivity contribution in [2.24, 2.45) is 11.8 Å². The van der Waals surface area contributed by atoms with Gasteiger partial charge in [-0.1, -0.05) is 20.8 Å². The number of hydrogen-bond acceptors (Lipinski definition) is 1. The molecule has 0 aromatic heterocycles. The van der Waals surface area contributed by atoms with Gasteiger partial charge in [-0.25, -0.2) is 0 Å². The van der Waals surface area contributed by atoms with E-state index in [9.17, 15) is 4.79 Å². The van der Waals surface area contributed by atoms with E-state index in [4.69, 9.17) is 11.6 Å². The molecule has 0 aliphatic heterocycles. The molecule has 13 heavy (non-hydrogen) atoms. The molecule has 2 nitrogen and oxygen atoms in total. The molecule has 78 valence electrons. The largest absolute Gasteiger partial charge is 0.356 e. The van der Waals surface area contributed by atoms with E-state index >= 15 is 0 Å². The number of rotatable bonds is 6. The Morgan fingerprint density at radius 2 is 1.92 bits per heavy atom. The van der Waals surface area contributed by atoms with Crippen LogP contribution < -0.4 is 5.32 Å². The maximum atomic E-state index is 11.5. The molecule has 0 saturated carbocycles. The fourth-order valence-electron chi connectivity index (χ4n) is 1.13. The first-order chi connectivity index (χ1) is 6.15. The van der Waals surface area contributed by atoms with Gasteiger partial charge in [0.05, 0.1) is 0 Å². The zero-order valence-corrected chi connectivity index (χ0v) is 9.53. The zero-order chi connectivity index (χ0) is 10.3. The molecule has 0 aromatic rings. The first kappa shape index (κ1) is 12.8. The first-order valence-electron chi connectivity index (χ1n) is 4.99. The minimum atomic E-state index is 0.168. The molecule has 0 aliphatic rings. The van der Waals surface area contributed by atoms with Gasteiger partial charge < -0.3 is 5.32 Å². The van der Waals surface area contributed by atoms with Crippen molar-refractivity contribution < 1.29 is 4.79 Å². The van der Waals surface area contributed by atoms with Crippen molar-refractivity contribution in [1.82, 2.24) is 5.32 Å². The summed E-state index contributed by atoms with van der Waals surface area (Å²) < 4.78 is 0. The Balaban J connectivity index is 3.72. The van der Waals surface area contributed by atoms with Crippen LogP contribution in [0.25, 0.3) is 0 Å². The lowest BCUT2D eigenvalue weighted by molar-refractivity contribution is -0.125. The van der Waals surface area contributed by atoms with E-state index in [-0.39, 0.29) is 11.8 Å². The van der Waals surface area contributed by atoms with E-state index in [0.29, 0.717) is 18.3 Å². The van der Waals surface area contributed by atoms with Gasteiger partial charge in [-0.2, -0.15) is 0 Å². The van der Waals surface area contributed by atoms with Crippen LogP contribution in [0.3, 0.4) is 0 Å². The van der Waals surface area contributed by atoms with Crippen LogP contribution in [-0.2, 0) is 4.79 Å². The van der Waals surface area contributed by atoms with E-state index in [1.807, 2.05) is 20.8 Å². The summed E-state index contributed by atoms with van der Waals surface area (Å²) in [4.78, 5) is 11.5. The second kappa shape index (κ2) is 7.19. The fourth-order valence-corrected chi connectivity index (χ4v) is 1.24. The van der Waals surface area contributed by atoms with Crippen LogP contribution >= 0.6 is 11.6 Å². The fraction of sp³-hybridized carbons (Fsp3) is 0.900. The number of carbonyl (C=O) groups excluding carboxylic acids is 1. The van der Waals surface area contributed by atoms with Gasteiger partial charge in [0.1, 0.15) is 0 Å². The number of nitrogens with one attached hydrogen (secondary N) is 1. The lowest BCUT2D eigenvalue weighted by Crippen LogP contribution is -2.33. The Bertz CT molecular complexity index is 146. The number of carbonyl (C=O) groups is 1. The van der Waals surface area contributed by atoms with Crippen molar-refractivity contribution in [1.29, 1.82) is 0 Å². The standard InChI is InChI=1S/C10H20ClNO/c1-4-9(5-2)10(13)12-7-8(3)6-11/h8-9H,4-7H2,1-3H3,(H,12,13). The van der Waals surface area contributed by atoms with E-state index in [2.05, 4.69) is 5.32 Å². The molecule has 1 N–H and O–H groups in total. The second-order valence-corrected chi connectivity index (χ2v) is 3.83. The zero-order valence-electron chi connectivity index (χ0n) is 8.77. The van der Waals surface area contributed by atoms with Crippen molar-refractivity contribution in [3.8, 4) is 0 Å². The summed E-state index contributed by atoms with van der Waals surface area (Å²) in [7, 11) is 0. The molecule has 0 radical (unpaired) electrons. The van der Waals surface area contributed by atoms with Crippen LogP contribution in [0.4, 0.5) is 0 Å². The third-order valence-electron chi connectivity index (χ3n) is 2.24. The molecule has 0 saturated heterocycles. The van der Waals surface area contributed by atoms with Crippen molar-refractivity contribution in [2.75, 3.05) is 12.4 Å². The van der Waals surface area contributed by atoms with Crippen molar-refractivity contribution in [2.45, 2.75) is 33.6 Å². The number of alkyl halides is 1. The maximum Gasteiger partial charge on any atom is 0.223 e. The molecule has 0 bridgehead atoms. The topological polar surface area (TPSA) is 29.1 Å². The quantitative estimate of drug-likeness (QED) is 0.663. The maximum absolute atomic E-state index is 11.5. The SMILES string of the molecule is CCC(CC)C(=O)NCC(C)CCl. The van der Waals surface area contributed by atoms with E-state index in [1.165, 1.54) is 0 Å². The summed E-state index contributed by atoms with van der Waals surface area (Å²) in [5.41, 5.74) is 0. The highest BCUT2D eigenvalue weighted by Crippen LogP contribution is 2.07. The lowest BCUT2D eigenvalue weighted by atomic mass is 10.0. The third kappa shape index (κ3) is 5.14. The number of halogens is 1. The van der Waals surface area contributed by atoms with Crippen molar-refractivity contribution in [3.05, 3.63) is 0 Å². The van der Waals surface area contributed by atoms with Gasteiger partial charge in [-0.05, 0) is 18.8 Å². The summed E-state index contributed by atoms with van der Waals surface area (Å²) in [6.07, 6.45) is 1.83. The summed E-state index contributed by atoms with van der Waals surface area (Å²) in [5.74, 6) is 1.30. The van der Waals surface area contributed by atoms with Crippen LogP contribution in [0.1, 0.15) is 33.6 Å². The number of amides is 1. The van der Waals surface area contributed by atoms with Crippen LogP contribution in [0.5, 0.6) is 0 Å². The molecule has 0 heterocycles. The number of hydrogen-bond donors (Lipinski definition) is 1. The Morgan fingerprint density at radius 1 is 1.38 bits per heavy atom. The molecule has 0 spiro atoms. The van der Waals surface area contributed by atoms with Crippen LogP contribution in [-0.4, -0.2) is 18.3 Å². The minimum Gasteiger partial charge on any atom is -0.356 e. The predicted octanol–water partition coefficient (Wildman–Crippen LogP) is 2.41. The van der Waals surface area contributed by atoms with Gasteiger partial charge in [-0.15, -0.1) is 11.6 Å². The van der Waals surface area contributed by atoms with Gasteiger partial charge in [0, 0.05) is 18.3 Å². The Kier molecular flexibility index (Phi) is 7.06. The average molecular weight is 206 g/mol. The molecule has 1 unspecified atom stereocenters. The highest BCUT2D eigenvalue weighted by Gasteiger charge is 2.13. The van der Waals surface area contributed by atoms with E-state index < -0.39 is 0 Å². The van der Waals surface area contributed by atoms with Crippen LogP contribution in [0.15, 0.2) is 0 Å². The highest BCUT2D eigenvalue weighted by molar-refractivity contribution is 6.18. The molecule has 3 heteroatoms. The van der Waals surface area contributed by atoms with Gasteiger partial charge in [0.25, 0.3) is 0 Å². The summed E-state index contributed by atoms with van der Waals surface area (Å²) in [6.45, 7) is 6.80. The van der Waals surface area contributed by atoms with Crippen molar-refractivity contribution in [3.63, 3.8) is 0 Å².